The molecule has 1 aromatic heterocycles. The molecule has 1 N–H and O–H groups in total. The number of hydrogen-bond donors (Lipinski definition) is 1. The normalized spacial score (nSPS) is 11.4. The second-order valence-corrected chi connectivity index (χ2v) is 2.66. The van der Waals surface area contributed by atoms with Crippen molar-refractivity contribution in [2.75, 3.05) is 11.9 Å². The molecule has 0 aliphatic rings. The Bertz CT molecular complexity index is 371. The predicted molar refractivity (Wildman–Crippen MR) is 44.0 cm³/mol. The summed E-state index contributed by atoms with van der Waals surface area (Å²) in [4.78, 5) is 14.7. The van der Waals surface area contributed by atoms with E-state index in [1.165, 1.54) is 19.4 Å². The third-order valence-corrected chi connectivity index (χ3v) is 1.47. The van der Waals surface area contributed by atoms with Gasteiger partial charge in [0, 0.05) is 19.4 Å². The van der Waals surface area contributed by atoms with Crippen LogP contribution >= 0.6 is 0 Å². The smallest absolute Gasteiger partial charge is 0.357 e. The van der Waals surface area contributed by atoms with Gasteiger partial charge in [-0.05, 0) is 0 Å². The van der Waals surface area contributed by atoms with Gasteiger partial charge >= 0.3 is 6.18 Å². The van der Waals surface area contributed by atoms with Crippen LogP contribution in [-0.4, -0.2) is 22.3 Å². The molecule has 0 atom stereocenters. The fourth-order valence-electron chi connectivity index (χ4n) is 0.803. The van der Waals surface area contributed by atoms with Crippen molar-refractivity contribution in [3.8, 4) is 0 Å². The molecule has 0 aliphatic carbocycles. The van der Waals surface area contributed by atoms with Crippen molar-refractivity contribution >= 4 is 5.82 Å². The molecule has 7 heteroatoms. The van der Waals surface area contributed by atoms with Gasteiger partial charge in [0.1, 0.15) is 6.54 Å². The maximum absolute atomic E-state index is 11.8. The molecule has 0 unspecified atom stereocenters. The largest absolute Gasteiger partial charge is 0.405 e. The zero-order valence-electron chi connectivity index (χ0n) is 7.30. The molecule has 78 valence electrons. The minimum Gasteiger partial charge on any atom is -0.357 e. The van der Waals surface area contributed by atoms with Gasteiger partial charge in [-0.15, -0.1) is 0 Å². The van der Waals surface area contributed by atoms with Gasteiger partial charge in [-0.3, -0.25) is 4.79 Å². The second-order valence-electron chi connectivity index (χ2n) is 2.66. The van der Waals surface area contributed by atoms with Gasteiger partial charge in [0.05, 0.1) is 0 Å². The van der Waals surface area contributed by atoms with E-state index in [-0.39, 0.29) is 5.82 Å². The lowest BCUT2D eigenvalue weighted by molar-refractivity contribution is -0.115. The van der Waals surface area contributed by atoms with Crippen LogP contribution < -0.4 is 10.9 Å². The topological polar surface area (TPSA) is 46.9 Å². The molecule has 0 saturated heterocycles. The number of anilines is 1. The first-order valence-electron chi connectivity index (χ1n) is 3.72. The minimum absolute atomic E-state index is 0.299. The summed E-state index contributed by atoms with van der Waals surface area (Å²) < 4.78 is 36.5. The molecule has 0 amide bonds. The van der Waals surface area contributed by atoms with Gasteiger partial charge in [-0.1, -0.05) is 0 Å². The maximum atomic E-state index is 11.8. The first-order valence-corrected chi connectivity index (χ1v) is 3.72. The van der Waals surface area contributed by atoms with E-state index in [9.17, 15) is 18.0 Å². The van der Waals surface area contributed by atoms with Gasteiger partial charge in [0.15, 0.2) is 5.82 Å². The number of hydrogen-bond acceptors (Lipinski definition) is 3. The quantitative estimate of drug-likeness (QED) is 0.778. The fourth-order valence-corrected chi connectivity index (χ4v) is 0.803. The van der Waals surface area contributed by atoms with Crippen LogP contribution in [0.4, 0.5) is 19.0 Å². The van der Waals surface area contributed by atoms with Crippen LogP contribution in [0.3, 0.4) is 0 Å². The van der Waals surface area contributed by atoms with Gasteiger partial charge in [-0.2, -0.15) is 13.2 Å². The molecule has 0 saturated carbocycles. The van der Waals surface area contributed by atoms with E-state index in [2.05, 4.69) is 4.98 Å². The van der Waals surface area contributed by atoms with Crippen molar-refractivity contribution in [2.45, 2.75) is 6.18 Å². The molecule has 1 aromatic rings. The van der Waals surface area contributed by atoms with E-state index < -0.39 is 18.3 Å². The number of nitrogens with zero attached hydrogens (tertiary/aromatic N) is 2. The summed E-state index contributed by atoms with van der Waals surface area (Å²) in [5.41, 5.74) is -0.586. The molecule has 0 aromatic carbocycles. The highest BCUT2D eigenvalue weighted by Gasteiger charge is 2.27. The van der Waals surface area contributed by atoms with Crippen LogP contribution in [0.5, 0.6) is 0 Å². The molecular formula is C7H8F3N3O. The van der Waals surface area contributed by atoms with Crippen LogP contribution in [0.25, 0.3) is 0 Å². The van der Waals surface area contributed by atoms with Gasteiger partial charge in [0.2, 0.25) is 0 Å². The summed E-state index contributed by atoms with van der Waals surface area (Å²) in [7, 11) is 1.43. The SMILES string of the molecule is Cn1ccnc(NCC(F)(F)F)c1=O. The molecule has 1 heterocycles. The molecule has 0 fully saturated rings. The fraction of sp³-hybridized carbons (Fsp3) is 0.429. The van der Waals surface area contributed by atoms with Gasteiger partial charge < -0.3 is 9.88 Å². The molecular weight excluding hydrogens is 199 g/mol. The lowest BCUT2D eigenvalue weighted by Gasteiger charge is -2.08. The van der Waals surface area contributed by atoms with E-state index in [0.29, 0.717) is 0 Å². The summed E-state index contributed by atoms with van der Waals surface area (Å²) in [6, 6.07) is 0. The number of alkyl halides is 3. The highest BCUT2D eigenvalue weighted by atomic mass is 19.4. The molecule has 0 radical (unpaired) electrons. The Morgan fingerprint density at radius 3 is 2.79 bits per heavy atom. The number of halogens is 3. The molecule has 0 spiro atoms. The first-order chi connectivity index (χ1) is 6.40. The summed E-state index contributed by atoms with van der Waals surface area (Å²) in [6.45, 7) is -1.26. The average molecular weight is 207 g/mol. The Morgan fingerprint density at radius 1 is 1.57 bits per heavy atom. The Labute approximate surface area is 77.4 Å². The van der Waals surface area contributed by atoms with Crippen LogP contribution in [0.1, 0.15) is 0 Å². The lowest BCUT2D eigenvalue weighted by Crippen LogP contribution is -2.28. The van der Waals surface area contributed by atoms with Crippen molar-refractivity contribution in [1.29, 1.82) is 0 Å². The summed E-state index contributed by atoms with van der Waals surface area (Å²) in [6.07, 6.45) is -1.75. The Morgan fingerprint density at radius 2 is 2.21 bits per heavy atom. The van der Waals surface area contributed by atoms with E-state index in [1.807, 2.05) is 5.32 Å². The number of aryl methyl sites for hydroxylation is 1. The number of nitrogens with one attached hydrogen (secondary N) is 1. The van der Waals surface area contributed by atoms with E-state index in [0.717, 1.165) is 4.57 Å². The van der Waals surface area contributed by atoms with Crippen LogP contribution in [0.2, 0.25) is 0 Å². The van der Waals surface area contributed by atoms with Crippen molar-refractivity contribution < 1.29 is 13.2 Å². The Hall–Kier alpha value is -1.53. The average Bonchev–Trinajstić information content (AvgIpc) is 2.06. The second kappa shape index (κ2) is 3.69. The Kier molecular flexibility index (Phi) is 2.78. The van der Waals surface area contributed by atoms with E-state index >= 15 is 0 Å². The van der Waals surface area contributed by atoms with Crippen LogP contribution in [-0.2, 0) is 7.05 Å². The summed E-state index contributed by atoms with van der Waals surface area (Å²) in [5.74, 6) is -0.299. The third-order valence-electron chi connectivity index (χ3n) is 1.47. The van der Waals surface area contributed by atoms with Crippen LogP contribution in [0, 0.1) is 0 Å². The van der Waals surface area contributed by atoms with Crippen LogP contribution in [0.15, 0.2) is 17.2 Å². The van der Waals surface area contributed by atoms with E-state index in [4.69, 9.17) is 0 Å². The molecule has 4 nitrogen and oxygen atoms in total. The van der Waals surface area contributed by atoms with Gasteiger partial charge in [-0.25, -0.2) is 4.98 Å². The monoisotopic (exact) mass is 207 g/mol. The lowest BCUT2D eigenvalue weighted by atomic mass is 10.5. The predicted octanol–water partition coefficient (Wildman–Crippen LogP) is 0.754. The first kappa shape index (κ1) is 10.6. The van der Waals surface area contributed by atoms with Crippen molar-refractivity contribution in [2.24, 2.45) is 7.05 Å². The highest BCUT2D eigenvalue weighted by Crippen LogP contribution is 2.13. The molecule has 14 heavy (non-hydrogen) atoms. The number of rotatable bonds is 2. The molecule has 1 rings (SSSR count). The van der Waals surface area contributed by atoms with Crippen molar-refractivity contribution in [3.05, 3.63) is 22.7 Å². The molecule has 0 aliphatic heterocycles. The maximum Gasteiger partial charge on any atom is 0.405 e. The summed E-state index contributed by atoms with van der Waals surface area (Å²) >= 11 is 0. The highest BCUT2D eigenvalue weighted by molar-refractivity contribution is 5.30. The Balaban J connectivity index is 2.78. The standard InChI is InChI=1S/C7H8F3N3O/c1-13-3-2-11-5(6(13)14)12-4-7(8,9)10/h2-3H,4H2,1H3,(H,11,12). The van der Waals surface area contributed by atoms with Crippen molar-refractivity contribution in [3.63, 3.8) is 0 Å². The minimum atomic E-state index is -4.36. The zero-order chi connectivity index (χ0) is 10.8. The van der Waals surface area contributed by atoms with Gasteiger partial charge in [0.25, 0.3) is 5.56 Å². The molecule has 0 bridgehead atoms. The summed E-state index contributed by atoms with van der Waals surface area (Å²) in [5, 5.41) is 1.92. The number of aromatic nitrogens is 2. The van der Waals surface area contributed by atoms with E-state index in [1.54, 1.807) is 0 Å². The van der Waals surface area contributed by atoms with Crippen molar-refractivity contribution in [1.82, 2.24) is 9.55 Å². The zero-order valence-corrected chi connectivity index (χ0v) is 7.30. The third kappa shape index (κ3) is 2.75.